The predicted molar refractivity (Wildman–Crippen MR) is 107 cm³/mol. The molecule has 5 nitrogen and oxygen atoms in total. The number of hydrogen-bond donors (Lipinski definition) is 0. The molecule has 28 heavy (non-hydrogen) atoms. The predicted octanol–water partition coefficient (Wildman–Crippen LogP) is 4.54. The SMILES string of the molecule is COc1cccc(OCC(=O)c2cc(OCc3ccccc3)ccc2OC)c1. The highest BCUT2D eigenvalue weighted by molar-refractivity contribution is 6.00. The molecule has 0 unspecified atom stereocenters. The summed E-state index contributed by atoms with van der Waals surface area (Å²) in [6.07, 6.45) is 0. The van der Waals surface area contributed by atoms with E-state index in [9.17, 15) is 4.79 Å². The van der Waals surface area contributed by atoms with Gasteiger partial charge in [-0.25, -0.2) is 0 Å². The summed E-state index contributed by atoms with van der Waals surface area (Å²) in [5.74, 6) is 2.09. The highest BCUT2D eigenvalue weighted by atomic mass is 16.5. The lowest BCUT2D eigenvalue weighted by Gasteiger charge is -2.12. The Hall–Kier alpha value is -3.47. The second-order valence-electron chi connectivity index (χ2n) is 6.03. The van der Waals surface area contributed by atoms with Gasteiger partial charge in [-0.1, -0.05) is 36.4 Å². The molecule has 3 aromatic rings. The Balaban J connectivity index is 1.69. The van der Waals surface area contributed by atoms with Crippen LogP contribution in [-0.2, 0) is 6.61 Å². The minimum atomic E-state index is -0.204. The van der Waals surface area contributed by atoms with Crippen molar-refractivity contribution in [2.24, 2.45) is 0 Å². The van der Waals surface area contributed by atoms with Gasteiger partial charge in [-0.15, -0.1) is 0 Å². The highest BCUT2D eigenvalue weighted by Crippen LogP contribution is 2.26. The first-order valence-corrected chi connectivity index (χ1v) is 8.84. The van der Waals surface area contributed by atoms with Crippen LogP contribution in [0.1, 0.15) is 15.9 Å². The summed E-state index contributed by atoms with van der Waals surface area (Å²) < 4.78 is 21.9. The number of Topliss-reactive ketones (excluding diaryl/α,β-unsaturated/α-hetero) is 1. The van der Waals surface area contributed by atoms with Gasteiger partial charge in [0, 0.05) is 6.07 Å². The fourth-order valence-electron chi connectivity index (χ4n) is 2.65. The van der Waals surface area contributed by atoms with Crippen LogP contribution in [-0.4, -0.2) is 26.6 Å². The van der Waals surface area contributed by atoms with Gasteiger partial charge in [-0.05, 0) is 35.9 Å². The zero-order valence-corrected chi connectivity index (χ0v) is 15.9. The van der Waals surface area contributed by atoms with Crippen LogP contribution in [0.5, 0.6) is 23.0 Å². The maximum atomic E-state index is 12.7. The van der Waals surface area contributed by atoms with Gasteiger partial charge in [0.1, 0.15) is 29.6 Å². The quantitative estimate of drug-likeness (QED) is 0.512. The fraction of sp³-hybridized carbons (Fsp3) is 0.174. The lowest BCUT2D eigenvalue weighted by Crippen LogP contribution is -2.13. The molecule has 0 aliphatic rings. The minimum absolute atomic E-state index is 0.119. The molecule has 0 atom stereocenters. The van der Waals surface area contributed by atoms with E-state index in [1.54, 1.807) is 43.5 Å². The second-order valence-corrected chi connectivity index (χ2v) is 6.03. The number of ketones is 1. The maximum absolute atomic E-state index is 12.7. The third-order valence-corrected chi connectivity index (χ3v) is 4.13. The summed E-state index contributed by atoms with van der Waals surface area (Å²) in [5.41, 5.74) is 1.46. The molecule has 0 saturated heterocycles. The van der Waals surface area contributed by atoms with E-state index >= 15 is 0 Å². The molecule has 0 fully saturated rings. The van der Waals surface area contributed by atoms with Crippen molar-refractivity contribution in [1.29, 1.82) is 0 Å². The van der Waals surface area contributed by atoms with Crippen LogP contribution in [0.4, 0.5) is 0 Å². The van der Waals surface area contributed by atoms with E-state index in [0.717, 1.165) is 5.56 Å². The summed E-state index contributed by atoms with van der Waals surface area (Å²) in [5, 5.41) is 0. The number of ether oxygens (including phenoxy) is 4. The van der Waals surface area contributed by atoms with Crippen molar-refractivity contribution in [2.75, 3.05) is 20.8 Å². The molecule has 3 rings (SSSR count). The molecule has 0 bridgehead atoms. The average Bonchev–Trinajstić information content (AvgIpc) is 2.76. The summed E-state index contributed by atoms with van der Waals surface area (Å²) in [4.78, 5) is 12.7. The molecule has 3 aromatic carbocycles. The van der Waals surface area contributed by atoms with E-state index in [1.165, 1.54) is 7.11 Å². The topological polar surface area (TPSA) is 54.0 Å². The molecule has 0 aliphatic heterocycles. The van der Waals surface area contributed by atoms with Crippen LogP contribution in [0.25, 0.3) is 0 Å². The smallest absolute Gasteiger partial charge is 0.204 e. The minimum Gasteiger partial charge on any atom is -0.497 e. The van der Waals surface area contributed by atoms with Crippen molar-refractivity contribution >= 4 is 5.78 Å². The van der Waals surface area contributed by atoms with Crippen molar-refractivity contribution < 1.29 is 23.7 Å². The van der Waals surface area contributed by atoms with E-state index in [-0.39, 0.29) is 12.4 Å². The largest absolute Gasteiger partial charge is 0.497 e. The molecule has 144 valence electrons. The molecule has 0 spiro atoms. The monoisotopic (exact) mass is 378 g/mol. The molecule has 0 aliphatic carbocycles. The van der Waals surface area contributed by atoms with Gasteiger partial charge in [-0.3, -0.25) is 4.79 Å². The van der Waals surface area contributed by atoms with Crippen LogP contribution in [0.15, 0.2) is 72.8 Å². The molecular formula is C23H22O5. The summed E-state index contributed by atoms with van der Waals surface area (Å²) in [6.45, 7) is 0.298. The summed E-state index contributed by atoms with van der Waals surface area (Å²) in [6, 6.07) is 22.1. The normalized spacial score (nSPS) is 10.2. The third-order valence-electron chi connectivity index (χ3n) is 4.13. The number of methoxy groups -OCH3 is 2. The van der Waals surface area contributed by atoms with Gasteiger partial charge >= 0.3 is 0 Å². The Morgan fingerprint density at radius 1 is 0.750 bits per heavy atom. The van der Waals surface area contributed by atoms with E-state index in [2.05, 4.69) is 0 Å². The van der Waals surface area contributed by atoms with Crippen LogP contribution < -0.4 is 18.9 Å². The first-order valence-electron chi connectivity index (χ1n) is 8.84. The lowest BCUT2D eigenvalue weighted by molar-refractivity contribution is 0.0917. The van der Waals surface area contributed by atoms with Gasteiger partial charge < -0.3 is 18.9 Å². The highest BCUT2D eigenvalue weighted by Gasteiger charge is 2.15. The maximum Gasteiger partial charge on any atom is 0.204 e. The second kappa shape index (κ2) is 9.46. The van der Waals surface area contributed by atoms with Crippen LogP contribution in [0.3, 0.4) is 0 Å². The number of rotatable bonds is 9. The van der Waals surface area contributed by atoms with Gasteiger partial charge in [0.25, 0.3) is 0 Å². The summed E-state index contributed by atoms with van der Waals surface area (Å²) >= 11 is 0. The van der Waals surface area contributed by atoms with E-state index in [4.69, 9.17) is 18.9 Å². The van der Waals surface area contributed by atoms with Crippen LogP contribution in [0, 0.1) is 0 Å². The molecule has 0 N–H and O–H groups in total. The zero-order valence-electron chi connectivity index (χ0n) is 15.9. The van der Waals surface area contributed by atoms with Crippen molar-refractivity contribution in [3.63, 3.8) is 0 Å². The van der Waals surface area contributed by atoms with Crippen molar-refractivity contribution in [1.82, 2.24) is 0 Å². The van der Waals surface area contributed by atoms with Gasteiger partial charge in [0.2, 0.25) is 5.78 Å². The van der Waals surface area contributed by atoms with Crippen molar-refractivity contribution in [3.05, 3.63) is 83.9 Å². The fourth-order valence-corrected chi connectivity index (χ4v) is 2.65. The van der Waals surface area contributed by atoms with Gasteiger partial charge in [-0.2, -0.15) is 0 Å². The average molecular weight is 378 g/mol. The molecular weight excluding hydrogens is 356 g/mol. The molecule has 0 heterocycles. The van der Waals surface area contributed by atoms with Crippen LogP contribution >= 0.6 is 0 Å². The Kier molecular flexibility index (Phi) is 6.52. The molecule has 0 saturated carbocycles. The summed E-state index contributed by atoms with van der Waals surface area (Å²) in [7, 11) is 3.11. The van der Waals surface area contributed by atoms with E-state index in [0.29, 0.717) is 35.2 Å². The van der Waals surface area contributed by atoms with Crippen LogP contribution in [0.2, 0.25) is 0 Å². The van der Waals surface area contributed by atoms with Crippen molar-refractivity contribution in [2.45, 2.75) is 6.61 Å². The molecule has 0 radical (unpaired) electrons. The lowest BCUT2D eigenvalue weighted by atomic mass is 10.1. The van der Waals surface area contributed by atoms with E-state index < -0.39 is 0 Å². The molecule has 0 aromatic heterocycles. The Labute approximate surface area is 164 Å². The Bertz CT molecular complexity index is 921. The van der Waals surface area contributed by atoms with Crippen molar-refractivity contribution in [3.8, 4) is 23.0 Å². The number of carbonyl (C=O) groups is 1. The van der Waals surface area contributed by atoms with E-state index in [1.807, 2.05) is 36.4 Å². The number of hydrogen-bond acceptors (Lipinski definition) is 5. The number of carbonyl (C=O) groups excluding carboxylic acids is 1. The zero-order chi connectivity index (χ0) is 19.8. The Morgan fingerprint density at radius 3 is 2.25 bits per heavy atom. The third kappa shape index (κ3) is 5.04. The number of benzene rings is 3. The van der Waals surface area contributed by atoms with Gasteiger partial charge in [0.05, 0.1) is 19.8 Å². The first kappa shape index (κ1) is 19.3. The molecule has 0 amide bonds. The standard InChI is InChI=1S/C23H22O5/c1-25-18-9-6-10-19(13-18)28-16-22(24)21-14-20(11-12-23(21)26-2)27-15-17-7-4-3-5-8-17/h3-14H,15-16H2,1-2H3. The molecule has 5 heteroatoms. The van der Waals surface area contributed by atoms with Gasteiger partial charge in [0.15, 0.2) is 6.61 Å². The Morgan fingerprint density at radius 2 is 1.50 bits per heavy atom. The first-order chi connectivity index (χ1) is 13.7.